The lowest BCUT2D eigenvalue weighted by Gasteiger charge is -2.06. The Kier molecular flexibility index (Phi) is 4.60. The average molecular weight is 332 g/mol. The van der Waals surface area contributed by atoms with Gasteiger partial charge < -0.3 is 5.32 Å². The second kappa shape index (κ2) is 6.08. The number of hydrogen-bond donors (Lipinski definition) is 2. The summed E-state index contributed by atoms with van der Waals surface area (Å²) in [7, 11) is -2.09. The summed E-state index contributed by atoms with van der Waals surface area (Å²) in [4.78, 5) is 0.892. The molecule has 114 valence electrons. The van der Waals surface area contributed by atoms with E-state index in [4.69, 9.17) is 0 Å². The highest BCUT2D eigenvalue weighted by Gasteiger charge is 2.19. The number of nitrogens with one attached hydrogen (secondary N) is 2. The SMILES string of the molecule is CNCc1sc(S(=O)(=O)Nc2cc(F)cc(F)c2)cc1C. The van der Waals surface area contributed by atoms with Crippen LogP contribution in [0.15, 0.2) is 28.5 Å². The van der Waals surface area contributed by atoms with E-state index in [2.05, 4.69) is 10.0 Å². The predicted octanol–water partition coefficient (Wildman–Crippen LogP) is 2.85. The molecule has 0 aliphatic heterocycles. The fourth-order valence-corrected chi connectivity index (χ4v) is 4.42. The third kappa shape index (κ3) is 3.78. The van der Waals surface area contributed by atoms with Crippen molar-refractivity contribution in [3.63, 3.8) is 0 Å². The molecule has 0 bridgehead atoms. The van der Waals surface area contributed by atoms with E-state index in [0.29, 0.717) is 12.6 Å². The maximum absolute atomic E-state index is 13.1. The molecule has 0 saturated heterocycles. The van der Waals surface area contributed by atoms with Crippen LogP contribution in [0.25, 0.3) is 0 Å². The van der Waals surface area contributed by atoms with Gasteiger partial charge in [-0.1, -0.05) is 0 Å². The summed E-state index contributed by atoms with van der Waals surface area (Å²) >= 11 is 1.12. The molecule has 2 N–H and O–H groups in total. The molecule has 0 aliphatic rings. The highest BCUT2D eigenvalue weighted by atomic mass is 32.2. The molecule has 0 saturated carbocycles. The lowest BCUT2D eigenvalue weighted by molar-refractivity contribution is 0.584. The van der Waals surface area contributed by atoms with Gasteiger partial charge in [-0.3, -0.25) is 4.72 Å². The summed E-state index contributed by atoms with van der Waals surface area (Å²) in [5.41, 5.74) is 0.703. The maximum Gasteiger partial charge on any atom is 0.271 e. The quantitative estimate of drug-likeness (QED) is 0.885. The average Bonchev–Trinajstić information content (AvgIpc) is 2.70. The van der Waals surface area contributed by atoms with E-state index in [9.17, 15) is 17.2 Å². The van der Waals surface area contributed by atoms with Crippen molar-refractivity contribution in [1.29, 1.82) is 0 Å². The molecule has 8 heteroatoms. The highest BCUT2D eigenvalue weighted by Crippen LogP contribution is 2.28. The number of anilines is 1. The Labute approximate surface area is 125 Å². The summed E-state index contributed by atoms with van der Waals surface area (Å²) < 4.78 is 52.9. The second-order valence-electron chi connectivity index (χ2n) is 4.47. The first kappa shape index (κ1) is 15.9. The van der Waals surface area contributed by atoms with Gasteiger partial charge in [-0.2, -0.15) is 0 Å². The summed E-state index contributed by atoms with van der Waals surface area (Å²) in [5, 5.41) is 2.95. The second-order valence-corrected chi connectivity index (χ2v) is 7.51. The number of benzene rings is 1. The molecule has 0 radical (unpaired) electrons. The Morgan fingerprint density at radius 1 is 1.14 bits per heavy atom. The summed E-state index contributed by atoms with van der Waals surface area (Å²) in [6, 6.07) is 4.07. The van der Waals surface area contributed by atoms with Gasteiger partial charge >= 0.3 is 0 Å². The van der Waals surface area contributed by atoms with Crippen molar-refractivity contribution >= 4 is 27.0 Å². The fourth-order valence-electron chi connectivity index (χ4n) is 1.78. The van der Waals surface area contributed by atoms with Gasteiger partial charge in [0.25, 0.3) is 10.0 Å². The van der Waals surface area contributed by atoms with Crippen molar-refractivity contribution in [2.45, 2.75) is 17.7 Å². The minimum absolute atomic E-state index is 0.106. The minimum Gasteiger partial charge on any atom is -0.315 e. The molecule has 1 aromatic heterocycles. The van der Waals surface area contributed by atoms with Crippen LogP contribution >= 0.6 is 11.3 Å². The number of sulfonamides is 1. The van der Waals surface area contributed by atoms with Gasteiger partial charge in [-0.15, -0.1) is 11.3 Å². The molecule has 1 heterocycles. The third-order valence-corrected chi connectivity index (χ3v) is 5.81. The van der Waals surface area contributed by atoms with Crippen LogP contribution in [0.3, 0.4) is 0 Å². The smallest absolute Gasteiger partial charge is 0.271 e. The maximum atomic E-state index is 13.1. The Hall–Kier alpha value is -1.51. The van der Waals surface area contributed by atoms with Crippen LogP contribution in [0.2, 0.25) is 0 Å². The van der Waals surface area contributed by atoms with Gasteiger partial charge in [0, 0.05) is 17.5 Å². The Morgan fingerprint density at radius 3 is 2.33 bits per heavy atom. The zero-order valence-corrected chi connectivity index (χ0v) is 13.0. The molecule has 0 spiro atoms. The molecule has 0 aliphatic carbocycles. The zero-order chi connectivity index (χ0) is 15.6. The van der Waals surface area contributed by atoms with E-state index < -0.39 is 21.7 Å². The number of halogens is 2. The standard InChI is InChI=1S/C13H14F2N2O2S2/c1-8-3-13(20-12(8)7-16-2)21(18,19)17-11-5-9(14)4-10(15)6-11/h3-6,16-17H,7H2,1-2H3. The lowest BCUT2D eigenvalue weighted by Crippen LogP contribution is -2.11. The van der Waals surface area contributed by atoms with Crippen molar-refractivity contribution in [3.05, 3.63) is 46.3 Å². The van der Waals surface area contributed by atoms with Crippen LogP contribution in [-0.2, 0) is 16.6 Å². The molecular formula is C13H14F2N2O2S2. The Morgan fingerprint density at radius 2 is 1.76 bits per heavy atom. The van der Waals surface area contributed by atoms with E-state index in [-0.39, 0.29) is 9.90 Å². The minimum atomic E-state index is -3.86. The summed E-state index contributed by atoms with van der Waals surface area (Å²) in [5.74, 6) is -1.68. The summed E-state index contributed by atoms with van der Waals surface area (Å²) in [6.07, 6.45) is 0. The third-order valence-electron chi connectivity index (χ3n) is 2.71. The van der Waals surface area contributed by atoms with E-state index in [1.165, 1.54) is 6.07 Å². The Bertz CT molecular complexity index is 737. The van der Waals surface area contributed by atoms with Crippen LogP contribution < -0.4 is 10.0 Å². The number of rotatable bonds is 5. The van der Waals surface area contributed by atoms with Crippen molar-refractivity contribution in [1.82, 2.24) is 5.32 Å². The van der Waals surface area contributed by atoms with Crippen molar-refractivity contribution < 1.29 is 17.2 Å². The van der Waals surface area contributed by atoms with E-state index >= 15 is 0 Å². The first-order valence-corrected chi connectivity index (χ1v) is 8.34. The van der Waals surface area contributed by atoms with Crippen molar-refractivity contribution in [3.8, 4) is 0 Å². The molecule has 0 unspecified atom stereocenters. The molecule has 2 rings (SSSR count). The van der Waals surface area contributed by atoms with Gasteiger partial charge in [0.05, 0.1) is 5.69 Å². The monoisotopic (exact) mass is 332 g/mol. The number of thiophene rings is 1. The molecule has 1 aromatic carbocycles. The van der Waals surface area contributed by atoms with E-state index in [1.54, 1.807) is 7.05 Å². The van der Waals surface area contributed by atoms with E-state index in [1.807, 2.05) is 6.92 Å². The molecule has 4 nitrogen and oxygen atoms in total. The highest BCUT2D eigenvalue weighted by molar-refractivity contribution is 7.94. The Balaban J connectivity index is 2.31. The normalized spacial score (nSPS) is 11.6. The van der Waals surface area contributed by atoms with Crippen LogP contribution in [-0.4, -0.2) is 15.5 Å². The van der Waals surface area contributed by atoms with Gasteiger partial charge in [0.2, 0.25) is 0 Å². The number of hydrogen-bond acceptors (Lipinski definition) is 4. The fraction of sp³-hybridized carbons (Fsp3) is 0.231. The predicted molar refractivity (Wildman–Crippen MR) is 79.0 cm³/mol. The zero-order valence-electron chi connectivity index (χ0n) is 11.4. The molecule has 21 heavy (non-hydrogen) atoms. The van der Waals surface area contributed by atoms with Gasteiger partial charge in [0.1, 0.15) is 15.8 Å². The lowest BCUT2D eigenvalue weighted by atomic mass is 10.3. The van der Waals surface area contributed by atoms with Gasteiger partial charge in [0.15, 0.2) is 0 Å². The van der Waals surface area contributed by atoms with Gasteiger partial charge in [-0.05, 0) is 37.7 Å². The van der Waals surface area contributed by atoms with Crippen molar-refractivity contribution in [2.24, 2.45) is 0 Å². The first-order chi connectivity index (χ1) is 9.81. The molecular weight excluding hydrogens is 318 g/mol. The number of aryl methyl sites for hydroxylation is 1. The van der Waals surface area contributed by atoms with Gasteiger partial charge in [-0.25, -0.2) is 17.2 Å². The summed E-state index contributed by atoms with van der Waals surface area (Å²) in [6.45, 7) is 2.37. The molecule has 0 atom stereocenters. The van der Waals surface area contributed by atoms with Crippen LogP contribution in [0, 0.1) is 18.6 Å². The topological polar surface area (TPSA) is 58.2 Å². The molecule has 0 amide bonds. The van der Waals surface area contributed by atoms with Crippen LogP contribution in [0.4, 0.5) is 14.5 Å². The van der Waals surface area contributed by atoms with Crippen LogP contribution in [0.1, 0.15) is 10.4 Å². The molecule has 2 aromatic rings. The van der Waals surface area contributed by atoms with E-state index in [0.717, 1.165) is 33.9 Å². The van der Waals surface area contributed by atoms with Crippen molar-refractivity contribution in [2.75, 3.05) is 11.8 Å². The first-order valence-electron chi connectivity index (χ1n) is 6.04. The molecule has 0 fully saturated rings. The van der Waals surface area contributed by atoms with Crippen LogP contribution in [0.5, 0.6) is 0 Å². The largest absolute Gasteiger partial charge is 0.315 e.